The van der Waals surface area contributed by atoms with Gasteiger partial charge in [-0.25, -0.2) is 4.79 Å². The molecule has 22 N–H and O–H groups in total. The molecule has 0 saturated heterocycles. The second kappa shape index (κ2) is 49.3. The van der Waals surface area contributed by atoms with Gasteiger partial charge in [0.25, 0.3) is 0 Å². The van der Waals surface area contributed by atoms with E-state index in [0.29, 0.717) is 48.8 Å². The van der Waals surface area contributed by atoms with Crippen molar-refractivity contribution in [3.63, 3.8) is 0 Å². The number of rotatable bonds is 50. The molecule has 4 rings (SSSR count). The second-order valence-electron chi connectivity index (χ2n) is 28.3. The first-order valence-electron chi connectivity index (χ1n) is 38.0. The van der Waals surface area contributed by atoms with Crippen LogP contribution in [0.3, 0.4) is 0 Å². The third kappa shape index (κ3) is 33.5. The topological polar surface area (TPSA) is 523 Å². The molecule has 32 nitrogen and oxygen atoms in total. The Hall–Kier alpha value is -10.9. The van der Waals surface area contributed by atoms with Gasteiger partial charge >= 0.3 is 5.97 Å². The van der Waals surface area contributed by atoms with Crippen LogP contribution in [0.2, 0.25) is 0 Å². The van der Waals surface area contributed by atoms with E-state index in [9.17, 15) is 72.5 Å². The Balaban J connectivity index is 1.55. The first-order chi connectivity index (χ1) is 52.9. The van der Waals surface area contributed by atoms with Gasteiger partial charge in [0, 0.05) is 25.8 Å². The molecule has 0 heterocycles. The van der Waals surface area contributed by atoms with E-state index in [1.54, 1.807) is 139 Å². The lowest BCUT2D eigenvalue weighted by molar-refractivity contribution is -0.142. The number of hydrogen-bond donors (Lipinski definition) is 18. The van der Waals surface area contributed by atoms with E-state index in [1.165, 1.54) is 0 Å². The van der Waals surface area contributed by atoms with Gasteiger partial charge in [0.05, 0.1) is 25.7 Å². The van der Waals surface area contributed by atoms with Gasteiger partial charge in [-0.1, -0.05) is 196 Å². The maximum absolute atomic E-state index is 15.0. The van der Waals surface area contributed by atoms with Crippen LogP contribution in [0, 0.1) is 23.7 Å². The van der Waals surface area contributed by atoms with Crippen molar-refractivity contribution in [3.8, 4) is 0 Å². The Morgan fingerprint density at radius 1 is 0.387 bits per heavy atom. The van der Waals surface area contributed by atoms with E-state index >= 15 is 0 Å². The van der Waals surface area contributed by atoms with Crippen molar-refractivity contribution in [2.24, 2.45) is 51.6 Å². The molecule has 0 radical (unpaired) electrons. The SMILES string of the molecule is CCC(C)C(NC(=O)CNC(=O)CNC(=O)C(NC(=O)C(N)Cc1ccccc1)C(C)CC)C(=O)NC(C(=O)NC(CO)C(=O)NC(Cc1ccccc1)C(=O)NC(Cc1ccccc1)C(=O)NC(CCCCN)C(=O)NC(CCCN=C(N)N)C(=O)NC(CC(C)C)C(=O)NC(Cc1ccccc1)C(=O)O)C(C)CC. The Bertz CT molecular complexity index is 3670. The van der Waals surface area contributed by atoms with Crippen LogP contribution in [0.15, 0.2) is 126 Å². The number of nitrogens with zero attached hydrogens (tertiary/aromatic N) is 1. The van der Waals surface area contributed by atoms with Gasteiger partial charge in [0.2, 0.25) is 70.9 Å². The molecule has 0 aliphatic carbocycles. The van der Waals surface area contributed by atoms with Gasteiger partial charge < -0.3 is 96.9 Å². The summed E-state index contributed by atoms with van der Waals surface area (Å²) in [5.41, 5.74) is 25.8. The van der Waals surface area contributed by atoms with Gasteiger partial charge in [-0.3, -0.25) is 62.5 Å². The maximum atomic E-state index is 15.0. The van der Waals surface area contributed by atoms with E-state index in [-0.39, 0.29) is 82.3 Å². The minimum atomic E-state index is -1.76. The number of aliphatic hydroxyl groups is 1. The van der Waals surface area contributed by atoms with Crippen LogP contribution in [-0.4, -0.2) is 192 Å². The summed E-state index contributed by atoms with van der Waals surface area (Å²) in [5, 5.41) is 52.6. The zero-order chi connectivity index (χ0) is 82.1. The Morgan fingerprint density at radius 2 is 0.739 bits per heavy atom. The molecule has 0 aliphatic rings. The normalized spacial score (nSPS) is 14.9. The summed E-state index contributed by atoms with van der Waals surface area (Å²) >= 11 is 0. The zero-order valence-corrected chi connectivity index (χ0v) is 64.9. The fourth-order valence-electron chi connectivity index (χ4n) is 11.8. The summed E-state index contributed by atoms with van der Waals surface area (Å²) in [5.74, 6) is -13.0. The van der Waals surface area contributed by atoms with E-state index in [2.05, 4.69) is 68.8 Å². The number of carbonyl (C=O) groups excluding carboxylic acids is 12. The summed E-state index contributed by atoms with van der Waals surface area (Å²) in [6.45, 7) is 12.0. The molecule has 0 fully saturated rings. The lowest BCUT2D eigenvalue weighted by Crippen LogP contribution is -2.62. The quantitative estimate of drug-likeness (QED) is 0.0155. The Labute approximate surface area is 649 Å². The second-order valence-corrected chi connectivity index (χ2v) is 28.3. The average Bonchev–Trinajstić information content (AvgIpc) is 0.849. The molecule has 4 aromatic rings. The number of benzene rings is 4. The molecule has 111 heavy (non-hydrogen) atoms. The Morgan fingerprint density at radius 3 is 1.17 bits per heavy atom. The number of amides is 12. The highest BCUT2D eigenvalue weighted by molar-refractivity contribution is 5.99. The minimum Gasteiger partial charge on any atom is -0.480 e. The van der Waals surface area contributed by atoms with Crippen molar-refractivity contribution < 1.29 is 72.5 Å². The van der Waals surface area contributed by atoms with Crippen molar-refractivity contribution in [1.82, 2.24) is 63.8 Å². The van der Waals surface area contributed by atoms with Crippen LogP contribution in [-0.2, 0) is 88.0 Å². The van der Waals surface area contributed by atoms with Crippen LogP contribution in [0.5, 0.6) is 0 Å². The van der Waals surface area contributed by atoms with Crippen LogP contribution in [0.4, 0.5) is 0 Å². The lowest BCUT2D eigenvalue weighted by atomic mass is 9.94. The summed E-state index contributed by atoms with van der Waals surface area (Å²) < 4.78 is 0. The van der Waals surface area contributed by atoms with Crippen molar-refractivity contribution >= 4 is 82.8 Å². The number of aliphatic hydroxyl groups excluding tert-OH is 1. The summed E-state index contributed by atoms with van der Waals surface area (Å²) in [4.78, 5) is 186. The lowest BCUT2D eigenvalue weighted by Gasteiger charge is -2.30. The molecule has 4 aromatic carbocycles. The van der Waals surface area contributed by atoms with Crippen molar-refractivity contribution in [3.05, 3.63) is 144 Å². The number of aliphatic carboxylic acids is 1. The number of aliphatic imine (C=N–C) groups is 1. The van der Waals surface area contributed by atoms with Crippen molar-refractivity contribution in [1.29, 1.82) is 0 Å². The van der Waals surface area contributed by atoms with E-state index in [1.807, 2.05) is 37.3 Å². The molecule has 14 atom stereocenters. The highest BCUT2D eigenvalue weighted by Gasteiger charge is 2.38. The molecule has 0 spiro atoms. The number of hydrogen-bond acceptors (Lipinski definition) is 17. The third-order valence-corrected chi connectivity index (χ3v) is 18.9. The molecular weight excluding hydrogens is 1430 g/mol. The van der Waals surface area contributed by atoms with Gasteiger partial charge in [-0.15, -0.1) is 0 Å². The Kier molecular flexibility index (Phi) is 41.1. The standard InChI is InChI=1S/C79H117N17O15/c1-9-48(6)65(95-68(100)55(81)40-51-27-16-12-17-28-51)75(107)86-44-63(98)85-45-64(99)94-66(49(7)10-2)77(109)96-67(50(8)11-3)76(108)93-62(46-97)74(106)91-60(42-53-31-20-14-21-32-53)73(105)90-59(41-52-29-18-13-19-30-52)72(104)88-56(35-24-25-37-80)69(101)87-57(36-26-38-84-79(82)83)70(102)89-58(39-47(4)5)71(103)92-61(78(110)111)43-54-33-22-15-23-34-54/h12-23,27-34,47-50,55-62,65-67,97H,9-11,24-26,35-46,80-81H2,1-8H3,(H,85,98)(H,86,107)(H,87,101)(H,88,104)(H,89,102)(H,90,105)(H,91,106)(H,92,103)(H,93,108)(H,94,99)(H,95,100)(H,96,109)(H,110,111)(H4,82,83,84). The fraction of sp³-hybridized carbons (Fsp3) is 0.519. The number of unbranched alkanes of at least 4 members (excludes halogenated alkanes) is 1. The van der Waals surface area contributed by atoms with Gasteiger partial charge in [-0.2, -0.15) is 0 Å². The van der Waals surface area contributed by atoms with Gasteiger partial charge in [-0.05, 0) is 97.4 Å². The minimum absolute atomic E-state index is 0.0260. The number of nitrogens with one attached hydrogen (secondary N) is 12. The molecule has 0 bridgehead atoms. The van der Waals surface area contributed by atoms with Crippen LogP contribution in [0.1, 0.15) is 135 Å². The number of carbonyl (C=O) groups is 13. The van der Waals surface area contributed by atoms with E-state index < -0.39 is 175 Å². The predicted octanol–water partition coefficient (Wildman–Crippen LogP) is -0.191. The van der Waals surface area contributed by atoms with Crippen LogP contribution >= 0.6 is 0 Å². The van der Waals surface area contributed by atoms with E-state index in [4.69, 9.17) is 22.9 Å². The first-order valence-corrected chi connectivity index (χ1v) is 38.0. The molecular formula is C79H117N17O15. The predicted molar refractivity (Wildman–Crippen MR) is 419 cm³/mol. The summed E-state index contributed by atoms with van der Waals surface area (Å²) in [7, 11) is 0. The van der Waals surface area contributed by atoms with Gasteiger partial charge in [0.15, 0.2) is 5.96 Å². The number of carboxylic acid groups (broad SMARTS) is 1. The molecule has 0 aliphatic heterocycles. The van der Waals surface area contributed by atoms with Crippen molar-refractivity contribution in [2.75, 3.05) is 32.8 Å². The van der Waals surface area contributed by atoms with Crippen molar-refractivity contribution in [2.45, 2.75) is 205 Å². The molecule has 0 saturated carbocycles. The molecule has 0 aromatic heterocycles. The molecule has 12 amide bonds. The average molecular weight is 1540 g/mol. The molecule has 32 heteroatoms. The highest BCUT2D eigenvalue weighted by atomic mass is 16.4. The number of carboxylic acids is 1. The summed E-state index contributed by atoms with van der Waals surface area (Å²) in [6.07, 6.45) is 1.72. The fourth-order valence-corrected chi connectivity index (χ4v) is 11.8. The highest BCUT2D eigenvalue weighted by Crippen LogP contribution is 2.17. The number of guanidine groups is 1. The van der Waals surface area contributed by atoms with E-state index in [0.717, 1.165) is 5.56 Å². The zero-order valence-electron chi connectivity index (χ0n) is 64.9. The molecule has 608 valence electrons. The van der Waals surface area contributed by atoms with Crippen LogP contribution in [0.25, 0.3) is 0 Å². The van der Waals surface area contributed by atoms with Gasteiger partial charge in [0.1, 0.15) is 60.4 Å². The molecule has 14 unspecified atom stereocenters. The summed E-state index contributed by atoms with van der Waals surface area (Å²) in [6, 6.07) is 19.9. The monoisotopic (exact) mass is 1540 g/mol. The smallest absolute Gasteiger partial charge is 0.326 e. The maximum Gasteiger partial charge on any atom is 0.326 e. The number of nitrogens with two attached hydrogens (primary N) is 4. The third-order valence-electron chi connectivity index (χ3n) is 18.9. The van der Waals surface area contributed by atoms with Crippen LogP contribution < -0.4 is 86.7 Å². The largest absolute Gasteiger partial charge is 0.480 e. The first kappa shape index (κ1) is 92.5.